The summed E-state index contributed by atoms with van der Waals surface area (Å²) in [7, 11) is 0. The summed E-state index contributed by atoms with van der Waals surface area (Å²) in [5, 5.41) is 41.8. The van der Waals surface area contributed by atoms with Gasteiger partial charge in [-0.1, -0.05) is 6.92 Å². The minimum atomic E-state index is -1.81. The Morgan fingerprint density at radius 2 is 2.00 bits per heavy atom. The van der Waals surface area contributed by atoms with Crippen molar-refractivity contribution in [2.45, 2.75) is 57.0 Å². The highest BCUT2D eigenvalue weighted by atomic mass is 16.6. The minimum Gasteiger partial charge on any atom is -0.456 e. The molecule has 120 valence electrons. The lowest BCUT2D eigenvalue weighted by Crippen LogP contribution is -2.71. The van der Waals surface area contributed by atoms with E-state index in [4.69, 9.17) is 4.74 Å². The van der Waals surface area contributed by atoms with E-state index in [-0.39, 0.29) is 18.4 Å². The van der Waals surface area contributed by atoms with Gasteiger partial charge in [-0.2, -0.15) is 0 Å². The molecule has 1 saturated heterocycles. The molecular formula is C15H24O6. The second-order valence-electron chi connectivity index (χ2n) is 7.59. The maximum absolute atomic E-state index is 12.3. The number of aliphatic hydroxyl groups excluding tert-OH is 2. The number of hydrogen-bond acceptors (Lipinski definition) is 6. The van der Waals surface area contributed by atoms with E-state index in [1.54, 1.807) is 0 Å². The van der Waals surface area contributed by atoms with Gasteiger partial charge in [0.2, 0.25) is 0 Å². The molecule has 1 aliphatic heterocycles. The van der Waals surface area contributed by atoms with Gasteiger partial charge in [0.05, 0.1) is 17.6 Å². The third-order valence-electron chi connectivity index (χ3n) is 6.44. The lowest BCUT2D eigenvalue weighted by atomic mass is 9.52. The van der Waals surface area contributed by atoms with E-state index in [0.717, 1.165) is 0 Å². The van der Waals surface area contributed by atoms with Crippen molar-refractivity contribution in [3.8, 4) is 0 Å². The third-order valence-corrected chi connectivity index (χ3v) is 6.44. The molecule has 7 atom stereocenters. The first-order chi connectivity index (χ1) is 9.60. The molecule has 2 saturated carbocycles. The fourth-order valence-electron chi connectivity index (χ4n) is 5.06. The molecule has 4 N–H and O–H groups in total. The molecule has 3 rings (SSSR count). The average Bonchev–Trinajstić information content (AvgIpc) is 2.82. The molecule has 0 unspecified atom stereocenters. The summed E-state index contributed by atoms with van der Waals surface area (Å²) in [6.45, 7) is 4.65. The summed E-state index contributed by atoms with van der Waals surface area (Å²) >= 11 is 0. The van der Waals surface area contributed by atoms with Crippen molar-refractivity contribution in [2.24, 2.45) is 23.2 Å². The fourth-order valence-corrected chi connectivity index (χ4v) is 5.06. The number of hydrogen-bond donors (Lipinski definition) is 4. The Hall–Kier alpha value is -0.690. The Kier molecular flexibility index (Phi) is 3.04. The van der Waals surface area contributed by atoms with Crippen molar-refractivity contribution in [3.05, 3.63) is 0 Å². The molecule has 0 amide bonds. The highest BCUT2D eigenvalue weighted by Gasteiger charge is 2.77. The summed E-state index contributed by atoms with van der Waals surface area (Å²) in [5.74, 6) is -1.88. The van der Waals surface area contributed by atoms with Crippen molar-refractivity contribution < 1.29 is 30.0 Å². The Bertz CT molecular complexity index is 471. The van der Waals surface area contributed by atoms with E-state index in [9.17, 15) is 25.2 Å². The topological polar surface area (TPSA) is 107 Å². The van der Waals surface area contributed by atoms with Gasteiger partial charge in [0.1, 0.15) is 5.60 Å². The predicted molar refractivity (Wildman–Crippen MR) is 72.0 cm³/mol. The summed E-state index contributed by atoms with van der Waals surface area (Å²) in [5.41, 5.74) is -4.07. The first kappa shape index (κ1) is 15.2. The Morgan fingerprint density at radius 1 is 1.38 bits per heavy atom. The smallest absolute Gasteiger partial charge is 0.312 e. The largest absolute Gasteiger partial charge is 0.456 e. The summed E-state index contributed by atoms with van der Waals surface area (Å²) in [4.78, 5) is 12.3. The molecular weight excluding hydrogens is 276 g/mol. The highest BCUT2D eigenvalue weighted by molar-refractivity contribution is 5.79. The van der Waals surface area contributed by atoms with E-state index in [2.05, 4.69) is 0 Å². The number of carbonyl (C=O) groups is 1. The molecule has 3 fully saturated rings. The molecule has 0 aromatic rings. The Balaban J connectivity index is 2.14. The summed E-state index contributed by atoms with van der Waals surface area (Å²) in [6, 6.07) is 0. The SMILES string of the molecule is CC(C)(O)[C@@]1(O)[C@@H]2C(=O)O[C@H]1[C@@H](O)[C@@]1(C)[C@H](CO)CC[C@@H]21. The standard InChI is InChI=1S/C15H24O6/c1-13(2,19)15(20)9-8-5-4-7(6-16)14(8,3)10(17)11(15)21-12(9)18/h7-11,16-17,19-20H,4-6H2,1-3H3/t7-,8-,9-,10+,11-,14-,15+/m0/s1. The van der Waals surface area contributed by atoms with Gasteiger partial charge in [-0.15, -0.1) is 0 Å². The minimum absolute atomic E-state index is 0.0708. The average molecular weight is 300 g/mol. The van der Waals surface area contributed by atoms with Crippen molar-refractivity contribution in [1.82, 2.24) is 0 Å². The monoisotopic (exact) mass is 300 g/mol. The maximum atomic E-state index is 12.3. The number of ether oxygens (including phenoxy) is 1. The van der Waals surface area contributed by atoms with Gasteiger partial charge < -0.3 is 25.2 Å². The van der Waals surface area contributed by atoms with Crippen LogP contribution in [0.25, 0.3) is 0 Å². The van der Waals surface area contributed by atoms with E-state index in [0.29, 0.717) is 12.8 Å². The molecule has 0 aromatic heterocycles. The molecule has 1 heterocycles. The van der Waals surface area contributed by atoms with Gasteiger partial charge in [0.15, 0.2) is 6.10 Å². The van der Waals surface area contributed by atoms with Crippen LogP contribution >= 0.6 is 0 Å². The molecule has 21 heavy (non-hydrogen) atoms. The predicted octanol–water partition coefficient (Wildman–Crippen LogP) is -0.571. The molecule has 0 radical (unpaired) electrons. The van der Waals surface area contributed by atoms with Crippen LogP contribution in [0.15, 0.2) is 0 Å². The molecule has 6 nitrogen and oxygen atoms in total. The van der Waals surface area contributed by atoms with Gasteiger partial charge in [-0.25, -0.2) is 0 Å². The molecule has 2 bridgehead atoms. The number of aliphatic hydroxyl groups is 4. The van der Waals surface area contributed by atoms with Crippen molar-refractivity contribution in [3.63, 3.8) is 0 Å². The quantitative estimate of drug-likeness (QED) is 0.509. The van der Waals surface area contributed by atoms with Crippen LogP contribution < -0.4 is 0 Å². The number of rotatable bonds is 2. The normalized spacial score (nSPS) is 52.7. The molecule has 3 aliphatic rings. The van der Waals surface area contributed by atoms with Crippen molar-refractivity contribution in [2.75, 3.05) is 6.61 Å². The third kappa shape index (κ3) is 1.54. The molecule has 0 aromatic carbocycles. The first-order valence-electron chi connectivity index (χ1n) is 7.54. The van der Waals surface area contributed by atoms with Gasteiger partial charge in [-0.3, -0.25) is 4.79 Å². The van der Waals surface area contributed by atoms with Gasteiger partial charge in [-0.05, 0) is 38.5 Å². The number of fused-ring (bicyclic) bond motifs is 4. The van der Waals surface area contributed by atoms with Crippen LogP contribution in [-0.4, -0.2) is 56.4 Å². The van der Waals surface area contributed by atoms with Crippen LogP contribution in [-0.2, 0) is 9.53 Å². The van der Waals surface area contributed by atoms with E-state index in [1.807, 2.05) is 6.92 Å². The van der Waals surface area contributed by atoms with Crippen LogP contribution in [0.2, 0.25) is 0 Å². The van der Waals surface area contributed by atoms with Crippen LogP contribution in [0.4, 0.5) is 0 Å². The second kappa shape index (κ2) is 4.19. The molecule has 0 spiro atoms. The van der Waals surface area contributed by atoms with Crippen LogP contribution in [0.5, 0.6) is 0 Å². The zero-order valence-corrected chi connectivity index (χ0v) is 12.6. The number of carbonyl (C=O) groups excluding carboxylic acids is 1. The Morgan fingerprint density at radius 3 is 2.52 bits per heavy atom. The van der Waals surface area contributed by atoms with Gasteiger partial charge in [0, 0.05) is 12.0 Å². The molecule has 6 heteroatoms. The lowest BCUT2D eigenvalue weighted by Gasteiger charge is -2.55. The summed E-state index contributed by atoms with van der Waals surface area (Å²) < 4.78 is 5.25. The van der Waals surface area contributed by atoms with Crippen molar-refractivity contribution >= 4 is 5.97 Å². The van der Waals surface area contributed by atoms with Crippen LogP contribution in [0, 0.1) is 23.2 Å². The van der Waals surface area contributed by atoms with E-state index in [1.165, 1.54) is 13.8 Å². The van der Waals surface area contributed by atoms with E-state index >= 15 is 0 Å². The number of esters is 1. The fraction of sp³-hybridized carbons (Fsp3) is 0.933. The van der Waals surface area contributed by atoms with Crippen LogP contribution in [0.3, 0.4) is 0 Å². The highest BCUT2D eigenvalue weighted by Crippen LogP contribution is 2.64. The lowest BCUT2D eigenvalue weighted by molar-refractivity contribution is -0.254. The Labute approximate surface area is 123 Å². The van der Waals surface area contributed by atoms with Crippen LogP contribution in [0.1, 0.15) is 33.6 Å². The first-order valence-corrected chi connectivity index (χ1v) is 7.54. The zero-order chi connectivity index (χ0) is 15.8. The zero-order valence-electron chi connectivity index (χ0n) is 12.6. The maximum Gasteiger partial charge on any atom is 0.312 e. The van der Waals surface area contributed by atoms with Gasteiger partial charge in [0.25, 0.3) is 0 Å². The second-order valence-corrected chi connectivity index (χ2v) is 7.59. The van der Waals surface area contributed by atoms with E-state index < -0.39 is 40.7 Å². The summed E-state index contributed by atoms with van der Waals surface area (Å²) in [6.07, 6.45) is -0.971. The van der Waals surface area contributed by atoms with Gasteiger partial charge >= 0.3 is 5.97 Å². The molecule has 2 aliphatic carbocycles. The van der Waals surface area contributed by atoms with Crippen molar-refractivity contribution in [1.29, 1.82) is 0 Å².